The van der Waals surface area contributed by atoms with Crippen LogP contribution in [0.3, 0.4) is 0 Å². The van der Waals surface area contributed by atoms with Crippen LogP contribution in [0.1, 0.15) is 52.7 Å². The van der Waals surface area contributed by atoms with Crippen molar-refractivity contribution in [2.24, 2.45) is 0 Å². The van der Waals surface area contributed by atoms with Crippen LogP contribution in [0.25, 0.3) is 22.6 Å². The Bertz CT molecular complexity index is 1210. The molecule has 1 aliphatic carbocycles. The van der Waals surface area contributed by atoms with E-state index >= 15 is 0 Å². The molecule has 170 valence electrons. The fraction of sp³-hybridized carbons (Fsp3) is 0.346. The molecule has 1 fully saturated rings. The van der Waals surface area contributed by atoms with Gasteiger partial charge in [0.25, 0.3) is 5.91 Å². The number of nitrogens with zero attached hydrogens (tertiary/aromatic N) is 2. The van der Waals surface area contributed by atoms with E-state index in [-0.39, 0.29) is 18.0 Å². The third-order valence-electron chi connectivity index (χ3n) is 6.38. The van der Waals surface area contributed by atoms with E-state index in [4.69, 9.17) is 9.72 Å². The zero-order valence-electron chi connectivity index (χ0n) is 18.7. The molecular weight excluding hydrogens is 434 g/mol. The van der Waals surface area contributed by atoms with Gasteiger partial charge in [0.2, 0.25) is 0 Å². The standard InChI is InChI=1S/C26H27N3O3S/c1-2-32-26(31)29-13-11-18(12-14-29)27-25(30)23-20-7-3-4-8-22(20)28-24-17(9-10-21(23)24)16-19-6-5-15-33-19/h3-8,15-16,18H,2,9-14H2,1H3,(H,27,30)/b17-16+. The quantitative estimate of drug-likeness (QED) is 0.584. The number of aromatic nitrogens is 1. The van der Waals surface area contributed by atoms with Crippen molar-refractivity contribution in [2.75, 3.05) is 19.7 Å². The molecule has 0 spiro atoms. The van der Waals surface area contributed by atoms with Crippen molar-refractivity contribution in [3.05, 3.63) is 63.5 Å². The van der Waals surface area contributed by atoms with Gasteiger partial charge < -0.3 is 15.0 Å². The van der Waals surface area contributed by atoms with Gasteiger partial charge in [-0.05, 0) is 67.3 Å². The number of carbonyl (C=O) groups excluding carboxylic acids is 2. The van der Waals surface area contributed by atoms with E-state index in [2.05, 4.69) is 22.8 Å². The van der Waals surface area contributed by atoms with Crippen molar-refractivity contribution < 1.29 is 14.3 Å². The summed E-state index contributed by atoms with van der Waals surface area (Å²) in [7, 11) is 0. The molecule has 0 saturated carbocycles. The van der Waals surface area contributed by atoms with E-state index in [1.54, 1.807) is 16.2 Å². The Morgan fingerprint density at radius 3 is 2.76 bits per heavy atom. The third kappa shape index (κ3) is 4.37. The summed E-state index contributed by atoms with van der Waals surface area (Å²) in [5, 5.41) is 6.22. The summed E-state index contributed by atoms with van der Waals surface area (Å²) in [5.74, 6) is -0.0446. The molecule has 6 nitrogen and oxygen atoms in total. The Kier molecular flexibility index (Phi) is 6.13. The summed E-state index contributed by atoms with van der Waals surface area (Å²) in [5.41, 5.74) is 4.77. The molecule has 5 rings (SSSR count). The highest BCUT2D eigenvalue weighted by Crippen LogP contribution is 2.38. The summed E-state index contributed by atoms with van der Waals surface area (Å²) in [4.78, 5) is 33.4. The molecule has 2 aliphatic rings. The number of hydrogen-bond acceptors (Lipinski definition) is 5. The van der Waals surface area contributed by atoms with Crippen LogP contribution in [0.2, 0.25) is 0 Å². The molecule has 2 aromatic heterocycles. The van der Waals surface area contributed by atoms with Crippen LogP contribution in [-0.2, 0) is 11.2 Å². The molecule has 1 saturated heterocycles. The monoisotopic (exact) mass is 461 g/mol. The molecule has 0 atom stereocenters. The molecule has 3 heterocycles. The maximum atomic E-state index is 13.6. The number of nitrogens with one attached hydrogen (secondary N) is 1. The van der Waals surface area contributed by atoms with E-state index in [9.17, 15) is 9.59 Å². The molecule has 0 unspecified atom stereocenters. The SMILES string of the molecule is CCOC(=O)N1CCC(NC(=O)c2c3c(nc4ccccc24)/C(=C/c2cccs2)CC3)CC1. The number of carbonyl (C=O) groups is 2. The van der Waals surface area contributed by atoms with Crippen molar-refractivity contribution in [2.45, 2.75) is 38.6 Å². The van der Waals surface area contributed by atoms with Gasteiger partial charge in [0, 0.05) is 29.4 Å². The van der Waals surface area contributed by atoms with Gasteiger partial charge in [-0.3, -0.25) is 4.79 Å². The lowest BCUT2D eigenvalue weighted by atomic mass is 9.98. The molecule has 3 aromatic rings. The normalized spacial score (nSPS) is 17.4. The molecule has 0 bridgehead atoms. The summed E-state index contributed by atoms with van der Waals surface area (Å²) < 4.78 is 5.10. The Morgan fingerprint density at radius 2 is 2.00 bits per heavy atom. The Hall–Kier alpha value is -3.19. The van der Waals surface area contributed by atoms with Gasteiger partial charge >= 0.3 is 6.09 Å². The van der Waals surface area contributed by atoms with E-state index in [0.717, 1.165) is 53.4 Å². The average molecular weight is 462 g/mol. The molecule has 7 heteroatoms. The van der Waals surface area contributed by atoms with E-state index in [1.165, 1.54) is 10.5 Å². The molecule has 0 radical (unpaired) electrons. The predicted octanol–water partition coefficient (Wildman–Crippen LogP) is 5.13. The largest absolute Gasteiger partial charge is 0.450 e. The highest BCUT2D eigenvalue weighted by atomic mass is 32.1. The summed E-state index contributed by atoms with van der Waals surface area (Å²) in [6.07, 6.45) is 5.07. The highest BCUT2D eigenvalue weighted by molar-refractivity contribution is 7.10. The number of pyridine rings is 1. The second-order valence-electron chi connectivity index (χ2n) is 8.45. The van der Waals surface area contributed by atoms with E-state index in [0.29, 0.717) is 19.7 Å². The van der Waals surface area contributed by atoms with Crippen LogP contribution in [0.4, 0.5) is 4.79 Å². The van der Waals surface area contributed by atoms with Crippen LogP contribution >= 0.6 is 11.3 Å². The number of benzene rings is 1. The van der Waals surface area contributed by atoms with Crippen molar-refractivity contribution in [1.82, 2.24) is 15.2 Å². The smallest absolute Gasteiger partial charge is 0.409 e. The Morgan fingerprint density at radius 1 is 1.18 bits per heavy atom. The van der Waals surface area contributed by atoms with Crippen molar-refractivity contribution in [3.63, 3.8) is 0 Å². The number of para-hydroxylation sites is 1. The van der Waals surface area contributed by atoms with Crippen molar-refractivity contribution >= 4 is 45.9 Å². The summed E-state index contributed by atoms with van der Waals surface area (Å²) in [6, 6.07) is 12.1. The Labute approximate surface area is 197 Å². The molecule has 33 heavy (non-hydrogen) atoms. The number of allylic oxidation sites excluding steroid dienone is 1. The molecule has 1 aliphatic heterocycles. The predicted molar refractivity (Wildman–Crippen MR) is 131 cm³/mol. The van der Waals surface area contributed by atoms with Gasteiger partial charge in [-0.2, -0.15) is 0 Å². The minimum Gasteiger partial charge on any atom is -0.450 e. The van der Waals surface area contributed by atoms with Gasteiger partial charge in [0.1, 0.15) is 0 Å². The van der Waals surface area contributed by atoms with Crippen LogP contribution in [0.5, 0.6) is 0 Å². The lowest BCUT2D eigenvalue weighted by molar-refractivity contribution is 0.0860. The maximum Gasteiger partial charge on any atom is 0.409 e. The molecule has 1 aromatic carbocycles. The van der Waals surface area contributed by atoms with E-state index in [1.807, 2.05) is 37.3 Å². The van der Waals surface area contributed by atoms with Crippen LogP contribution in [0, 0.1) is 0 Å². The fourth-order valence-electron chi connectivity index (χ4n) is 4.76. The van der Waals surface area contributed by atoms with Gasteiger partial charge in [-0.1, -0.05) is 24.3 Å². The first-order valence-corrected chi connectivity index (χ1v) is 12.4. The van der Waals surface area contributed by atoms with E-state index < -0.39 is 0 Å². The molecule has 1 N–H and O–H groups in total. The third-order valence-corrected chi connectivity index (χ3v) is 7.20. The Balaban J connectivity index is 1.41. The van der Waals surface area contributed by atoms with Crippen LogP contribution < -0.4 is 5.32 Å². The molecular formula is C26H27N3O3S. The lowest BCUT2D eigenvalue weighted by Crippen LogP contribution is -2.46. The number of ether oxygens (including phenoxy) is 1. The number of piperidine rings is 1. The topological polar surface area (TPSA) is 71.5 Å². The van der Waals surface area contributed by atoms with Crippen molar-refractivity contribution in [1.29, 1.82) is 0 Å². The second-order valence-corrected chi connectivity index (χ2v) is 9.43. The van der Waals surface area contributed by atoms with Gasteiger partial charge in [-0.15, -0.1) is 11.3 Å². The van der Waals surface area contributed by atoms with Crippen LogP contribution in [-0.4, -0.2) is 47.6 Å². The zero-order chi connectivity index (χ0) is 22.8. The summed E-state index contributed by atoms with van der Waals surface area (Å²) >= 11 is 1.71. The lowest BCUT2D eigenvalue weighted by Gasteiger charge is -2.31. The van der Waals surface area contributed by atoms with Crippen LogP contribution in [0.15, 0.2) is 41.8 Å². The number of thiophene rings is 1. The number of fused-ring (bicyclic) bond motifs is 2. The number of hydrogen-bond donors (Lipinski definition) is 1. The van der Waals surface area contributed by atoms with Gasteiger partial charge in [-0.25, -0.2) is 9.78 Å². The van der Waals surface area contributed by atoms with Gasteiger partial charge in [0.05, 0.1) is 23.4 Å². The fourth-order valence-corrected chi connectivity index (χ4v) is 5.44. The maximum absolute atomic E-state index is 13.6. The van der Waals surface area contributed by atoms with Gasteiger partial charge in [0.15, 0.2) is 0 Å². The number of rotatable bonds is 4. The first-order valence-electron chi connectivity index (χ1n) is 11.5. The minimum atomic E-state index is -0.273. The number of amides is 2. The first kappa shape index (κ1) is 21.6. The zero-order valence-corrected chi connectivity index (χ0v) is 19.5. The second kappa shape index (κ2) is 9.35. The number of likely N-dealkylation sites (tertiary alicyclic amines) is 1. The molecule has 2 amide bonds. The average Bonchev–Trinajstić information content (AvgIpc) is 3.48. The minimum absolute atomic E-state index is 0.0355. The van der Waals surface area contributed by atoms with Crippen molar-refractivity contribution in [3.8, 4) is 0 Å². The summed E-state index contributed by atoms with van der Waals surface area (Å²) in [6.45, 7) is 3.36. The first-order chi connectivity index (χ1) is 16.1. The highest BCUT2D eigenvalue weighted by Gasteiger charge is 2.29.